The molecule has 0 aromatic heterocycles. The average molecular weight is 621 g/mol. The molecule has 1 aliphatic heterocycles. The highest BCUT2D eigenvalue weighted by molar-refractivity contribution is 5.34. The first-order chi connectivity index (χ1) is 20.4. The van der Waals surface area contributed by atoms with Crippen LogP contribution in [0.15, 0.2) is 11.6 Å². The van der Waals surface area contributed by atoms with Crippen LogP contribution in [0.5, 0.6) is 0 Å². The van der Waals surface area contributed by atoms with Gasteiger partial charge in [0.15, 0.2) is 6.29 Å². The number of hydrogen-bond donors (Lipinski definition) is 6. The average Bonchev–Trinajstić information content (AvgIpc) is 2.97. The summed E-state index contributed by atoms with van der Waals surface area (Å²) in [6.45, 7) is 15.9. The molecule has 6 rings (SSSR count). The van der Waals surface area contributed by atoms with Gasteiger partial charge in [-0.05, 0) is 96.7 Å². The van der Waals surface area contributed by atoms with E-state index in [9.17, 15) is 30.6 Å². The maximum atomic E-state index is 11.9. The van der Waals surface area contributed by atoms with E-state index in [4.69, 9.17) is 9.47 Å². The first kappa shape index (κ1) is 33.3. The van der Waals surface area contributed by atoms with E-state index in [0.29, 0.717) is 12.3 Å². The van der Waals surface area contributed by atoms with Crippen LogP contribution in [0.4, 0.5) is 0 Å². The van der Waals surface area contributed by atoms with Crippen LogP contribution in [-0.4, -0.2) is 86.8 Å². The van der Waals surface area contributed by atoms with Gasteiger partial charge >= 0.3 is 0 Å². The van der Waals surface area contributed by atoms with Crippen LogP contribution < -0.4 is 0 Å². The topological polar surface area (TPSA) is 140 Å². The van der Waals surface area contributed by atoms with Gasteiger partial charge in [0.05, 0.1) is 25.4 Å². The molecule has 0 aromatic carbocycles. The molecule has 5 aliphatic carbocycles. The fourth-order valence-corrected chi connectivity index (χ4v) is 12.1. The number of rotatable bonds is 4. The highest BCUT2D eigenvalue weighted by atomic mass is 16.7. The Morgan fingerprint density at radius 3 is 2.14 bits per heavy atom. The molecule has 1 saturated heterocycles. The number of aliphatic hydroxyl groups is 6. The number of hydrogen-bond acceptors (Lipinski definition) is 8. The van der Waals surface area contributed by atoms with Crippen molar-refractivity contribution in [2.75, 3.05) is 13.2 Å². The van der Waals surface area contributed by atoms with Gasteiger partial charge in [0, 0.05) is 11.3 Å². The molecule has 0 aromatic rings. The monoisotopic (exact) mass is 620 g/mol. The van der Waals surface area contributed by atoms with Crippen molar-refractivity contribution in [2.24, 2.45) is 50.2 Å². The van der Waals surface area contributed by atoms with Crippen LogP contribution in [-0.2, 0) is 9.47 Å². The minimum absolute atomic E-state index is 0.00175. The van der Waals surface area contributed by atoms with Gasteiger partial charge in [-0.15, -0.1) is 0 Å². The maximum Gasteiger partial charge on any atom is 0.186 e. The van der Waals surface area contributed by atoms with Crippen LogP contribution in [0, 0.1) is 50.2 Å². The van der Waals surface area contributed by atoms with Crippen molar-refractivity contribution < 1.29 is 40.1 Å². The standard InChI is InChI=1S/C36H60O8/c1-31(2)14-15-32(3)16-17-35(6)20(25(32)29(31)42)8-9-23-33(4)12-11-24(34(5,19-38)22(33)10-13-36(23,35)7)44-30-28(41)27(40)26(39)21(18-37)43-30/h8,21-30,37-42H,9-19H2,1-7H3. The van der Waals surface area contributed by atoms with Gasteiger partial charge in [-0.3, -0.25) is 0 Å². The van der Waals surface area contributed by atoms with Gasteiger partial charge in [-0.1, -0.05) is 60.1 Å². The SMILES string of the molecule is CC1(C)CCC2(C)CCC3(C)C(=CCC4C5(C)CCC(OC6OC(CO)C(O)C(O)C6O)C(C)(CO)C5CCC43C)C2C1O. The lowest BCUT2D eigenvalue weighted by Gasteiger charge is -2.72. The van der Waals surface area contributed by atoms with Crippen LogP contribution >= 0.6 is 0 Å². The first-order valence-corrected chi connectivity index (χ1v) is 17.4. The van der Waals surface area contributed by atoms with Crippen LogP contribution in [0.3, 0.4) is 0 Å². The predicted octanol–water partition coefficient (Wildman–Crippen LogP) is 3.94. The Balaban J connectivity index is 1.31. The molecule has 6 aliphatic rings. The summed E-state index contributed by atoms with van der Waals surface area (Å²) in [5.74, 6) is 0.784. The molecule has 4 saturated carbocycles. The van der Waals surface area contributed by atoms with Crippen LogP contribution in [0.25, 0.3) is 0 Å². The third-order valence-corrected chi connectivity index (χ3v) is 15.5. The van der Waals surface area contributed by atoms with Crippen LogP contribution in [0.2, 0.25) is 0 Å². The van der Waals surface area contributed by atoms with Crippen molar-refractivity contribution in [3.8, 4) is 0 Å². The Kier molecular flexibility index (Phi) is 8.11. The van der Waals surface area contributed by atoms with Gasteiger partial charge in [0.1, 0.15) is 24.4 Å². The molecule has 15 unspecified atom stereocenters. The summed E-state index contributed by atoms with van der Waals surface area (Å²) in [4.78, 5) is 0. The van der Waals surface area contributed by atoms with E-state index in [2.05, 4.69) is 54.5 Å². The van der Waals surface area contributed by atoms with E-state index >= 15 is 0 Å². The Labute approximate surface area is 264 Å². The summed E-state index contributed by atoms with van der Waals surface area (Å²) < 4.78 is 12.1. The zero-order chi connectivity index (χ0) is 32.3. The fraction of sp³-hybridized carbons (Fsp3) is 0.944. The van der Waals surface area contributed by atoms with E-state index in [1.807, 2.05) is 0 Å². The van der Waals surface area contributed by atoms with E-state index in [1.54, 1.807) is 0 Å². The molecular formula is C36H60O8. The molecule has 1 heterocycles. The maximum absolute atomic E-state index is 11.9. The van der Waals surface area contributed by atoms with Crippen molar-refractivity contribution >= 4 is 0 Å². The largest absolute Gasteiger partial charge is 0.396 e. The van der Waals surface area contributed by atoms with E-state index in [-0.39, 0.29) is 51.6 Å². The Morgan fingerprint density at radius 2 is 1.48 bits per heavy atom. The Bertz CT molecular complexity index is 1140. The minimum atomic E-state index is -1.50. The van der Waals surface area contributed by atoms with Crippen molar-refractivity contribution in [2.45, 2.75) is 149 Å². The fourth-order valence-electron chi connectivity index (χ4n) is 12.1. The number of fused-ring (bicyclic) bond motifs is 7. The van der Waals surface area contributed by atoms with Crippen molar-refractivity contribution in [3.63, 3.8) is 0 Å². The molecular weight excluding hydrogens is 560 g/mol. The normalized spacial score (nSPS) is 56.9. The second-order valence-electron chi connectivity index (χ2n) is 17.9. The van der Waals surface area contributed by atoms with Gasteiger partial charge in [0.25, 0.3) is 0 Å². The highest BCUT2D eigenvalue weighted by Gasteiger charge is 2.69. The number of aliphatic hydroxyl groups excluding tert-OH is 6. The second kappa shape index (κ2) is 10.7. The lowest BCUT2D eigenvalue weighted by molar-refractivity contribution is -0.333. The third-order valence-electron chi connectivity index (χ3n) is 15.5. The molecule has 44 heavy (non-hydrogen) atoms. The van der Waals surface area contributed by atoms with Gasteiger partial charge in [0.2, 0.25) is 0 Å². The van der Waals surface area contributed by atoms with E-state index in [1.165, 1.54) is 12.0 Å². The number of allylic oxidation sites excluding steroid dienone is 1. The molecule has 15 atom stereocenters. The number of ether oxygens (including phenoxy) is 2. The van der Waals surface area contributed by atoms with Gasteiger partial charge < -0.3 is 40.1 Å². The molecule has 252 valence electrons. The highest BCUT2D eigenvalue weighted by Crippen LogP contribution is 2.75. The summed E-state index contributed by atoms with van der Waals surface area (Å²) in [6, 6.07) is 0. The molecule has 0 radical (unpaired) electrons. The molecule has 5 fully saturated rings. The lowest BCUT2D eigenvalue weighted by Crippen LogP contribution is -2.67. The predicted molar refractivity (Wildman–Crippen MR) is 166 cm³/mol. The minimum Gasteiger partial charge on any atom is -0.396 e. The summed E-state index contributed by atoms with van der Waals surface area (Å²) in [6.07, 6.45) is 4.23. The van der Waals surface area contributed by atoms with Crippen molar-refractivity contribution in [1.29, 1.82) is 0 Å². The van der Waals surface area contributed by atoms with Gasteiger partial charge in [-0.2, -0.15) is 0 Å². The quantitative estimate of drug-likeness (QED) is 0.205. The summed E-state index contributed by atoms with van der Waals surface area (Å²) in [5.41, 5.74) is 0.973. The summed E-state index contributed by atoms with van der Waals surface area (Å²) in [7, 11) is 0. The summed E-state index contributed by atoms with van der Waals surface area (Å²) >= 11 is 0. The summed E-state index contributed by atoms with van der Waals surface area (Å²) in [5, 5.41) is 64.0. The molecule has 0 amide bonds. The van der Waals surface area contributed by atoms with E-state index < -0.39 is 48.8 Å². The third kappa shape index (κ3) is 4.37. The lowest BCUT2D eigenvalue weighted by atomic mass is 9.33. The second-order valence-corrected chi connectivity index (χ2v) is 17.9. The first-order valence-electron chi connectivity index (χ1n) is 17.4. The smallest absolute Gasteiger partial charge is 0.186 e. The zero-order valence-corrected chi connectivity index (χ0v) is 28.1. The molecule has 6 N–H and O–H groups in total. The molecule has 0 bridgehead atoms. The Hall–Kier alpha value is -0.580. The van der Waals surface area contributed by atoms with Crippen LogP contribution in [0.1, 0.15) is 106 Å². The Morgan fingerprint density at radius 1 is 0.795 bits per heavy atom. The van der Waals surface area contributed by atoms with Gasteiger partial charge in [-0.25, -0.2) is 0 Å². The molecule has 0 spiro atoms. The molecule has 8 nitrogen and oxygen atoms in total. The molecule has 8 heteroatoms. The van der Waals surface area contributed by atoms with Crippen molar-refractivity contribution in [3.05, 3.63) is 11.6 Å². The van der Waals surface area contributed by atoms with E-state index in [0.717, 1.165) is 44.9 Å². The zero-order valence-electron chi connectivity index (χ0n) is 28.1. The van der Waals surface area contributed by atoms with Crippen molar-refractivity contribution in [1.82, 2.24) is 0 Å².